The lowest BCUT2D eigenvalue weighted by atomic mass is 9.94. The fourth-order valence-corrected chi connectivity index (χ4v) is 3.48. The summed E-state index contributed by atoms with van der Waals surface area (Å²) in [7, 11) is 0. The minimum Gasteiger partial charge on any atom is -0.507 e. The van der Waals surface area contributed by atoms with Crippen LogP contribution in [0.15, 0.2) is 84.9 Å². The summed E-state index contributed by atoms with van der Waals surface area (Å²) < 4.78 is 0. The third kappa shape index (κ3) is 5.14. The molecule has 0 bridgehead atoms. The van der Waals surface area contributed by atoms with Crippen molar-refractivity contribution in [3.63, 3.8) is 0 Å². The topological polar surface area (TPSA) is 40.5 Å². The van der Waals surface area contributed by atoms with Crippen molar-refractivity contribution in [1.29, 1.82) is 0 Å². The van der Waals surface area contributed by atoms with E-state index >= 15 is 0 Å². The van der Waals surface area contributed by atoms with Crippen molar-refractivity contribution in [2.24, 2.45) is 0 Å². The van der Waals surface area contributed by atoms with Crippen LogP contribution in [0.5, 0.6) is 5.75 Å². The lowest BCUT2D eigenvalue weighted by Crippen LogP contribution is -2.21. The van der Waals surface area contributed by atoms with Crippen molar-refractivity contribution in [3.05, 3.63) is 102 Å². The molecule has 0 spiro atoms. The molecule has 0 aliphatic rings. The second kappa shape index (κ2) is 9.74. The minimum absolute atomic E-state index is 0.00210. The number of aromatic hydroxyl groups is 1. The SMILES string of the molecule is CCN(CC)c1ccc(C(=CC(=O)Cc2ccccc2)c2ccccc2)c(O)c1. The largest absolute Gasteiger partial charge is 0.507 e. The molecule has 29 heavy (non-hydrogen) atoms. The first-order valence-corrected chi connectivity index (χ1v) is 10.0. The molecule has 3 nitrogen and oxygen atoms in total. The molecule has 0 aliphatic heterocycles. The number of hydrogen-bond donors (Lipinski definition) is 1. The molecule has 0 atom stereocenters. The first-order chi connectivity index (χ1) is 14.1. The Labute approximate surface area is 172 Å². The van der Waals surface area contributed by atoms with Gasteiger partial charge in [-0.1, -0.05) is 60.7 Å². The molecular weight excluding hydrogens is 358 g/mol. The highest BCUT2D eigenvalue weighted by atomic mass is 16.3. The Morgan fingerprint density at radius 1 is 0.897 bits per heavy atom. The van der Waals surface area contributed by atoms with E-state index in [-0.39, 0.29) is 11.5 Å². The Morgan fingerprint density at radius 2 is 1.52 bits per heavy atom. The number of ketones is 1. The molecule has 0 saturated carbocycles. The zero-order valence-corrected chi connectivity index (χ0v) is 17.0. The molecule has 148 valence electrons. The standard InChI is InChI=1S/C26H27NO2/c1-3-27(4-2)22-15-16-24(26(29)18-22)25(21-13-9-6-10-14-21)19-23(28)17-20-11-7-5-8-12-20/h5-16,18-19,29H,3-4,17H2,1-2H3. The average molecular weight is 386 g/mol. The van der Waals surface area contributed by atoms with E-state index in [9.17, 15) is 9.90 Å². The van der Waals surface area contributed by atoms with Crippen LogP contribution >= 0.6 is 0 Å². The van der Waals surface area contributed by atoms with E-state index in [0.717, 1.165) is 35.5 Å². The predicted molar refractivity (Wildman–Crippen MR) is 120 cm³/mol. The first kappa shape index (κ1) is 20.4. The summed E-state index contributed by atoms with van der Waals surface area (Å²) in [5.74, 6) is 0.180. The Bertz CT molecular complexity index is 974. The van der Waals surface area contributed by atoms with Crippen molar-refractivity contribution < 1.29 is 9.90 Å². The maximum absolute atomic E-state index is 12.8. The fraction of sp³-hybridized carbons (Fsp3) is 0.192. The number of phenols is 1. The van der Waals surface area contributed by atoms with E-state index in [0.29, 0.717) is 12.0 Å². The van der Waals surface area contributed by atoms with Gasteiger partial charge in [-0.05, 0) is 48.8 Å². The fourth-order valence-electron chi connectivity index (χ4n) is 3.48. The molecule has 3 rings (SSSR count). The van der Waals surface area contributed by atoms with Crippen LogP contribution in [0.25, 0.3) is 5.57 Å². The van der Waals surface area contributed by atoms with E-state index in [4.69, 9.17) is 0 Å². The summed E-state index contributed by atoms with van der Waals surface area (Å²) in [4.78, 5) is 15.0. The van der Waals surface area contributed by atoms with Gasteiger partial charge in [0.1, 0.15) is 5.75 Å². The van der Waals surface area contributed by atoms with Crippen LogP contribution in [-0.2, 0) is 11.2 Å². The van der Waals surface area contributed by atoms with Crippen LogP contribution in [-0.4, -0.2) is 24.0 Å². The van der Waals surface area contributed by atoms with Gasteiger partial charge in [-0.2, -0.15) is 0 Å². The molecule has 0 radical (unpaired) electrons. The number of rotatable bonds is 8. The Hall–Kier alpha value is -3.33. The molecule has 3 aromatic rings. The van der Waals surface area contributed by atoms with Crippen LogP contribution in [0.1, 0.15) is 30.5 Å². The number of nitrogens with zero attached hydrogens (tertiary/aromatic N) is 1. The van der Waals surface area contributed by atoms with Crippen LogP contribution in [0.2, 0.25) is 0 Å². The molecular formula is C26H27NO2. The van der Waals surface area contributed by atoms with Gasteiger partial charge in [-0.3, -0.25) is 4.79 Å². The van der Waals surface area contributed by atoms with Crippen molar-refractivity contribution in [2.75, 3.05) is 18.0 Å². The zero-order valence-electron chi connectivity index (χ0n) is 17.0. The molecule has 0 saturated heterocycles. The summed E-state index contributed by atoms with van der Waals surface area (Å²) in [5, 5.41) is 10.8. The molecule has 3 heteroatoms. The van der Waals surface area contributed by atoms with Gasteiger partial charge in [0.15, 0.2) is 5.78 Å². The van der Waals surface area contributed by atoms with Crippen molar-refractivity contribution in [1.82, 2.24) is 0 Å². The Kier molecular flexibility index (Phi) is 6.85. The zero-order chi connectivity index (χ0) is 20.6. The minimum atomic E-state index is 0.00210. The number of anilines is 1. The third-order valence-electron chi connectivity index (χ3n) is 5.01. The third-order valence-corrected chi connectivity index (χ3v) is 5.01. The van der Waals surface area contributed by atoms with E-state index in [1.165, 1.54) is 0 Å². The number of benzene rings is 3. The summed E-state index contributed by atoms with van der Waals surface area (Å²) in [5.41, 5.74) is 4.24. The highest BCUT2D eigenvalue weighted by Crippen LogP contribution is 2.33. The van der Waals surface area contributed by atoms with E-state index in [1.54, 1.807) is 12.1 Å². The maximum atomic E-state index is 12.8. The van der Waals surface area contributed by atoms with Gasteiger partial charge >= 0.3 is 0 Å². The monoisotopic (exact) mass is 385 g/mol. The summed E-state index contributed by atoms with van der Waals surface area (Å²) in [6, 6.07) is 25.1. The van der Waals surface area contributed by atoms with Crippen molar-refractivity contribution >= 4 is 17.0 Å². The first-order valence-electron chi connectivity index (χ1n) is 10.0. The van der Waals surface area contributed by atoms with Crippen molar-refractivity contribution in [3.8, 4) is 5.75 Å². The van der Waals surface area contributed by atoms with Gasteiger partial charge in [-0.15, -0.1) is 0 Å². The van der Waals surface area contributed by atoms with Crippen LogP contribution < -0.4 is 4.90 Å². The van der Waals surface area contributed by atoms with Crippen LogP contribution in [0, 0.1) is 0 Å². The maximum Gasteiger partial charge on any atom is 0.160 e. The number of phenolic OH excluding ortho intramolecular Hbond substituents is 1. The summed E-state index contributed by atoms with van der Waals surface area (Å²) in [6.07, 6.45) is 1.98. The second-order valence-electron chi connectivity index (χ2n) is 6.93. The molecule has 0 aromatic heterocycles. The van der Waals surface area contributed by atoms with Gasteiger partial charge in [0, 0.05) is 36.8 Å². The Balaban J connectivity index is 1.99. The normalized spacial score (nSPS) is 11.3. The van der Waals surface area contributed by atoms with Gasteiger partial charge < -0.3 is 10.0 Å². The average Bonchev–Trinajstić information content (AvgIpc) is 2.75. The number of allylic oxidation sites excluding steroid dienone is 1. The Morgan fingerprint density at radius 3 is 2.10 bits per heavy atom. The highest BCUT2D eigenvalue weighted by Gasteiger charge is 2.14. The smallest absolute Gasteiger partial charge is 0.160 e. The van der Waals surface area contributed by atoms with E-state index in [2.05, 4.69) is 18.7 Å². The highest BCUT2D eigenvalue weighted by molar-refractivity contribution is 6.02. The molecule has 1 N–H and O–H groups in total. The second-order valence-corrected chi connectivity index (χ2v) is 6.93. The van der Waals surface area contributed by atoms with Gasteiger partial charge in [0.05, 0.1) is 0 Å². The lowest BCUT2D eigenvalue weighted by Gasteiger charge is -2.22. The predicted octanol–water partition coefficient (Wildman–Crippen LogP) is 5.48. The quantitative estimate of drug-likeness (QED) is 0.522. The van der Waals surface area contributed by atoms with E-state index < -0.39 is 0 Å². The van der Waals surface area contributed by atoms with Gasteiger partial charge in [-0.25, -0.2) is 0 Å². The molecule has 0 fully saturated rings. The number of carbonyl (C=O) groups excluding carboxylic acids is 1. The molecule has 3 aromatic carbocycles. The summed E-state index contributed by atoms with van der Waals surface area (Å²) >= 11 is 0. The lowest BCUT2D eigenvalue weighted by molar-refractivity contribution is -0.113. The molecule has 0 amide bonds. The molecule has 0 unspecified atom stereocenters. The number of hydrogen-bond acceptors (Lipinski definition) is 3. The van der Waals surface area contributed by atoms with Gasteiger partial charge in [0.2, 0.25) is 0 Å². The van der Waals surface area contributed by atoms with E-state index in [1.807, 2.05) is 72.8 Å². The van der Waals surface area contributed by atoms with Crippen molar-refractivity contribution in [2.45, 2.75) is 20.3 Å². The van der Waals surface area contributed by atoms with Gasteiger partial charge in [0.25, 0.3) is 0 Å². The molecule has 0 aliphatic carbocycles. The summed E-state index contributed by atoms with van der Waals surface area (Å²) in [6.45, 7) is 5.91. The van der Waals surface area contributed by atoms with Crippen LogP contribution in [0.4, 0.5) is 5.69 Å². The number of carbonyl (C=O) groups is 1. The molecule has 0 heterocycles. The van der Waals surface area contributed by atoms with Crippen LogP contribution in [0.3, 0.4) is 0 Å².